The van der Waals surface area contributed by atoms with Gasteiger partial charge < -0.3 is 10.4 Å². The minimum Gasteiger partial charge on any atom is -0.476 e. The van der Waals surface area contributed by atoms with Crippen molar-refractivity contribution in [1.82, 2.24) is 25.3 Å². The van der Waals surface area contributed by atoms with Gasteiger partial charge >= 0.3 is 5.97 Å². The fourth-order valence-electron chi connectivity index (χ4n) is 1.58. The second-order valence-electron chi connectivity index (χ2n) is 3.66. The Kier molecular flexibility index (Phi) is 3.51. The Bertz CT molecular complexity index is 608. The van der Waals surface area contributed by atoms with E-state index in [9.17, 15) is 9.59 Å². The quantitative estimate of drug-likeness (QED) is 0.787. The van der Waals surface area contributed by atoms with Crippen molar-refractivity contribution in [3.8, 4) is 11.3 Å². The summed E-state index contributed by atoms with van der Waals surface area (Å²) in [6.45, 7) is -0.103. The fraction of sp³-hybridized carbons (Fsp3) is 0.182. The van der Waals surface area contributed by atoms with Gasteiger partial charge in [0.2, 0.25) is 5.91 Å². The zero-order valence-electron chi connectivity index (χ0n) is 10.1. The van der Waals surface area contributed by atoms with Crippen LogP contribution in [0.25, 0.3) is 11.3 Å². The molecule has 0 aromatic carbocycles. The summed E-state index contributed by atoms with van der Waals surface area (Å²) in [5.74, 6) is -1.49. The number of pyridine rings is 1. The average Bonchev–Trinajstić information content (AvgIpc) is 2.83. The highest BCUT2D eigenvalue weighted by molar-refractivity contribution is 5.92. The molecule has 0 radical (unpaired) electrons. The molecule has 0 saturated carbocycles. The molecule has 0 atom stereocenters. The van der Waals surface area contributed by atoms with Crippen LogP contribution in [0.2, 0.25) is 0 Å². The molecule has 0 saturated heterocycles. The van der Waals surface area contributed by atoms with Crippen LogP contribution in [0.15, 0.2) is 24.5 Å². The Labute approximate surface area is 108 Å². The summed E-state index contributed by atoms with van der Waals surface area (Å²) in [5, 5.41) is 18.8. The molecule has 0 spiro atoms. The van der Waals surface area contributed by atoms with Crippen LogP contribution in [-0.2, 0) is 11.3 Å². The van der Waals surface area contributed by atoms with Gasteiger partial charge in [0, 0.05) is 25.0 Å². The number of carbonyl (C=O) groups is 2. The number of carboxylic acid groups (broad SMARTS) is 1. The van der Waals surface area contributed by atoms with E-state index in [-0.39, 0.29) is 23.8 Å². The highest BCUT2D eigenvalue weighted by Crippen LogP contribution is 2.21. The number of hydrogen-bond donors (Lipinski definition) is 2. The van der Waals surface area contributed by atoms with Crippen LogP contribution >= 0.6 is 0 Å². The zero-order chi connectivity index (χ0) is 13.8. The van der Waals surface area contributed by atoms with Gasteiger partial charge in [-0.2, -0.15) is 0 Å². The van der Waals surface area contributed by atoms with Gasteiger partial charge in [0.25, 0.3) is 0 Å². The Hall–Kier alpha value is -2.77. The maximum atomic E-state index is 11.4. The molecule has 0 aliphatic rings. The third-order valence-corrected chi connectivity index (χ3v) is 2.46. The number of nitrogens with zero attached hydrogens (tertiary/aromatic N) is 4. The number of carboxylic acids is 1. The van der Waals surface area contributed by atoms with E-state index < -0.39 is 5.97 Å². The van der Waals surface area contributed by atoms with E-state index in [0.717, 1.165) is 0 Å². The van der Waals surface area contributed by atoms with E-state index in [1.165, 1.54) is 24.1 Å². The van der Waals surface area contributed by atoms with Crippen LogP contribution in [0.1, 0.15) is 10.5 Å². The van der Waals surface area contributed by atoms with Crippen molar-refractivity contribution >= 4 is 11.9 Å². The third-order valence-electron chi connectivity index (χ3n) is 2.46. The number of aromatic nitrogens is 4. The minimum atomic E-state index is -1.20. The Morgan fingerprint density at radius 2 is 2.05 bits per heavy atom. The van der Waals surface area contributed by atoms with Crippen LogP contribution in [0.4, 0.5) is 0 Å². The molecular formula is C11H11N5O3. The maximum absolute atomic E-state index is 11.4. The lowest BCUT2D eigenvalue weighted by Crippen LogP contribution is -2.24. The molecule has 1 amide bonds. The summed E-state index contributed by atoms with van der Waals surface area (Å²) in [4.78, 5) is 26.4. The standard InChI is InChI=1S/C11H11N5O3/c1-12-8(17)6-16-10(7-2-4-13-5-3-7)9(11(18)19)14-15-16/h2-5H,6H2,1H3,(H,12,17)(H,18,19). The van der Waals surface area contributed by atoms with Gasteiger partial charge in [0.1, 0.15) is 12.2 Å². The minimum absolute atomic E-state index is 0.103. The average molecular weight is 261 g/mol. The first-order chi connectivity index (χ1) is 9.13. The number of rotatable bonds is 4. The highest BCUT2D eigenvalue weighted by Gasteiger charge is 2.21. The molecule has 0 aliphatic carbocycles. The van der Waals surface area contributed by atoms with Crippen LogP contribution < -0.4 is 5.32 Å². The molecule has 2 aromatic heterocycles. The molecule has 8 nitrogen and oxygen atoms in total. The lowest BCUT2D eigenvalue weighted by molar-refractivity contribution is -0.121. The summed E-state index contributed by atoms with van der Waals surface area (Å²) in [6.07, 6.45) is 3.05. The smallest absolute Gasteiger partial charge is 0.358 e. The lowest BCUT2D eigenvalue weighted by atomic mass is 10.1. The molecule has 2 heterocycles. The Balaban J connectivity index is 2.51. The Morgan fingerprint density at radius 1 is 1.37 bits per heavy atom. The molecule has 0 fully saturated rings. The molecule has 2 N–H and O–H groups in total. The summed E-state index contributed by atoms with van der Waals surface area (Å²) in [5.41, 5.74) is 0.662. The molecule has 19 heavy (non-hydrogen) atoms. The number of hydrogen-bond acceptors (Lipinski definition) is 5. The molecule has 0 bridgehead atoms. The zero-order valence-corrected chi connectivity index (χ0v) is 10.1. The van der Waals surface area contributed by atoms with E-state index in [2.05, 4.69) is 20.6 Å². The monoisotopic (exact) mass is 261 g/mol. The summed E-state index contributed by atoms with van der Waals surface area (Å²) >= 11 is 0. The highest BCUT2D eigenvalue weighted by atomic mass is 16.4. The van der Waals surface area contributed by atoms with Crippen molar-refractivity contribution < 1.29 is 14.7 Å². The molecule has 8 heteroatoms. The normalized spacial score (nSPS) is 10.2. The van der Waals surface area contributed by atoms with Gasteiger partial charge in [-0.3, -0.25) is 9.78 Å². The van der Waals surface area contributed by atoms with Crippen LogP contribution in [0.3, 0.4) is 0 Å². The molecule has 2 aromatic rings. The Morgan fingerprint density at radius 3 is 2.63 bits per heavy atom. The van der Waals surface area contributed by atoms with E-state index >= 15 is 0 Å². The predicted octanol–water partition coefficient (Wildman–Crippen LogP) is -0.216. The topological polar surface area (TPSA) is 110 Å². The molecule has 0 aliphatic heterocycles. The number of likely N-dealkylation sites (N-methyl/N-ethyl adjacent to an activating group) is 1. The van der Waals surface area contributed by atoms with Gasteiger partial charge in [-0.05, 0) is 12.1 Å². The van der Waals surface area contributed by atoms with Crippen molar-refractivity contribution in [3.05, 3.63) is 30.2 Å². The summed E-state index contributed by atoms with van der Waals surface area (Å²) in [6, 6.07) is 3.26. The van der Waals surface area contributed by atoms with E-state index in [0.29, 0.717) is 5.56 Å². The van der Waals surface area contributed by atoms with Crippen LogP contribution in [-0.4, -0.2) is 44.0 Å². The first-order valence-corrected chi connectivity index (χ1v) is 5.41. The number of nitrogens with one attached hydrogen (secondary N) is 1. The largest absolute Gasteiger partial charge is 0.476 e. The number of carbonyl (C=O) groups excluding carboxylic acids is 1. The van der Waals surface area contributed by atoms with Crippen molar-refractivity contribution in [3.63, 3.8) is 0 Å². The fourth-order valence-corrected chi connectivity index (χ4v) is 1.58. The van der Waals surface area contributed by atoms with Gasteiger partial charge in [0.05, 0.1) is 0 Å². The number of amides is 1. The first-order valence-electron chi connectivity index (χ1n) is 5.41. The van der Waals surface area contributed by atoms with Crippen molar-refractivity contribution in [2.75, 3.05) is 7.05 Å². The van der Waals surface area contributed by atoms with Crippen LogP contribution in [0.5, 0.6) is 0 Å². The second-order valence-corrected chi connectivity index (χ2v) is 3.66. The summed E-state index contributed by atoms with van der Waals surface area (Å²) in [7, 11) is 1.49. The van der Waals surface area contributed by atoms with Gasteiger partial charge in [0.15, 0.2) is 5.69 Å². The molecule has 98 valence electrons. The van der Waals surface area contributed by atoms with Crippen molar-refractivity contribution in [2.24, 2.45) is 0 Å². The SMILES string of the molecule is CNC(=O)Cn1nnc(C(=O)O)c1-c1ccncc1. The van der Waals surface area contributed by atoms with E-state index in [1.807, 2.05) is 0 Å². The predicted molar refractivity (Wildman–Crippen MR) is 64.3 cm³/mol. The summed E-state index contributed by atoms with van der Waals surface area (Å²) < 4.78 is 1.25. The van der Waals surface area contributed by atoms with Crippen molar-refractivity contribution in [2.45, 2.75) is 6.54 Å². The van der Waals surface area contributed by atoms with Gasteiger partial charge in [-0.25, -0.2) is 9.48 Å². The van der Waals surface area contributed by atoms with Crippen LogP contribution in [0, 0.1) is 0 Å². The molecular weight excluding hydrogens is 250 g/mol. The second kappa shape index (κ2) is 5.25. The maximum Gasteiger partial charge on any atom is 0.358 e. The first kappa shape index (κ1) is 12.7. The van der Waals surface area contributed by atoms with E-state index in [1.54, 1.807) is 12.1 Å². The number of aromatic carboxylic acids is 1. The van der Waals surface area contributed by atoms with Gasteiger partial charge in [-0.1, -0.05) is 5.21 Å². The third kappa shape index (κ3) is 2.57. The van der Waals surface area contributed by atoms with Gasteiger partial charge in [-0.15, -0.1) is 5.10 Å². The van der Waals surface area contributed by atoms with Crippen molar-refractivity contribution in [1.29, 1.82) is 0 Å². The van der Waals surface area contributed by atoms with E-state index in [4.69, 9.17) is 5.11 Å². The molecule has 2 rings (SSSR count). The molecule has 0 unspecified atom stereocenters. The lowest BCUT2D eigenvalue weighted by Gasteiger charge is -2.06.